The molecule has 1 nitrogen and oxygen atoms in total. The lowest BCUT2D eigenvalue weighted by Gasteiger charge is -2.39. The lowest BCUT2D eigenvalue weighted by molar-refractivity contribution is 0.337. The highest BCUT2D eigenvalue weighted by Crippen LogP contribution is 2.51. The summed E-state index contributed by atoms with van der Waals surface area (Å²) in [5, 5.41) is 0. The number of methoxy groups -OCH3 is 1. The summed E-state index contributed by atoms with van der Waals surface area (Å²) >= 11 is 0. The van der Waals surface area contributed by atoms with Gasteiger partial charge in [-0.1, -0.05) is 81.8 Å². The van der Waals surface area contributed by atoms with E-state index in [2.05, 4.69) is 25.7 Å². The van der Waals surface area contributed by atoms with Crippen LogP contribution in [0.15, 0.2) is 12.3 Å². The van der Waals surface area contributed by atoms with Gasteiger partial charge in [0.15, 0.2) is 0 Å². The van der Waals surface area contributed by atoms with Crippen LogP contribution in [0.25, 0.3) is 0 Å². The highest BCUT2D eigenvalue weighted by Gasteiger charge is 2.46. The Morgan fingerprint density at radius 2 is 1.74 bits per heavy atom. The van der Waals surface area contributed by atoms with Crippen molar-refractivity contribution in [1.82, 2.24) is 0 Å². The minimum atomic E-state index is -1.07. The fourth-order valence-electron chi connectivity index (χ4n) is 5.00. The van der Waals surface area contributed by atoms with Crippen molar-refractivity contribution in [3.8, 4) is 0 Å². The molecule has 0 aromatic carbocycles. The minimum Gasteiger partial charge on any atom is -0.505 e. The summed E-state index contributed by atoms with van der Waals surface area (Å²) in [6.45, 7) is 8.75. The molecule has 0 unspecified atom stereocenters. The molecule has 0 saturated carbocycles. The number of rotatable bonds is 4. The van der Waals surface area contributed by atoms with Crippen molar-refractivity contribution in [2.75, 3.05) is 7.11 Å². The third-order valence-electron chi connectivity index (χ3n) is 5.51. The predicted molar refractivity (Wildman–Crippen MR) is 88.7 cm³/mol. The van der Waals surface area contributed by atoms with E-state index in [1.807, 2.05) is 6.26 Å². The fraction of sp³-hybridized carbons (Fsp3) is 0.875. The molecule has 2 aliphatic rings. The Hall–Kier alpha value is -0.178. The molecule has 0 amide bonds. The van der Waals surface area contributed by atoms with Gasteiger partial charge in [-0.15, -0.1) is 0 Å². The average molecular weight is 278 g/mol. The van der Waals surface area contributed by atoms with E-state index >= 15 is 0 Å². The Labute approximate surface area is 121 Å². The monoisotopic (exact) mass is 278 g/mol. The Bertz CT molecular complexity index is 300. The molecule has 2 fully saturated rings. The largest absolute Gasteiger partial charge is 0.505 e. The molecule has 0 radical (unpaired) electrons. The van der Waals surface area contributed by atoms with Gasteiger partial charge >= 0.3 is 0 Å². The van der Waals surface area contributed by atoms with Crippen LogP contribution in [0.3, 0.4) is 0 Å². The summed E-state index contributed by atoms with van der Waals surface area (Å²) in [6.07, 6.45) is 14.4. The van der Waals surface area contributed by atoms with Crippen LogP contribution >= 0.6 is 0 Å². The highest BCUT2D eigenvalue weighted by molar-refractivity contribution is 6.90. The second-order valence-corrected chi connectivity index (χ2v) is 13.2. The van der Waals surface area contributed by atoms with Crippen molar-refractivity contribution >= 4 is 14.8 Å². The standard InChI is InChI=1S/C16H31BOSi/c1-18-13-7-12-17-15-10-5-8-14(9-6-11-15)16(17)19(2,3)4/h7,13-16H,5-6,8-12H2,1-4H3/b13-7-/t14?,15?,16-/m1/s1. The third kappa shape index (κ3) is 3.68. The molecule has 2 rings (SSSR count). The minimum absolute atomic E-state index is 0.938. The maximum Gasteiger partial charge on any atom is 0.147 e. The lowest BCUT2D eigenvalue weighted by Crippen LogP contribution is -2.43. The number of ether oxygens (including phenoxy) is 1. The van der Waals surface area contributed by atoms with Crippen LogP contribution in [0.5, 0.6) is 0 Å². The lowest BCUT2D eigenvalue weighted by atomic mass is 9.35. The van der Waals surface area contributed by atoms with Crippen molar-refractivity contribution in [2.24, 2.45) is 5.92 Å². The van der Waals surface area contributed by atoms with Gasteiger partial charge in [-0.25, -0.2) is 0 Å². The smallest absolute Gasteiger partial charge is 0.147 e. The van der Waals surface area contributed by atoms with E-state index in [1.54, 1.807) is 7.11 Å². The Balaban J connectivity index is 2.23. The van der Waals surface area contributed by atoms with E-state index in [0.29, 0.717) is 0 Å². The zero-order chi connectivity index (χ0) is 13.9. The van der Waals surface area contributed by atoms with Crippen LogP contribution in [0.4, 0.5) is 0 Å². The van der Waals surface area contributed by atoms with Gasteiger partial charge in [-0.05, 0) is 5.92 Å². The van der Waals surface area contributed by atoms with E-state index in [9.17, 15) is 0 Å². The topological polar surface area (TPSA) is 9.23 Å². The zero-order valence-electron chi connectivity index (χ0n) is 13.3. The molecule has 2 bridgehead atoms. The molecular formula is C16H31BOSi. The molecule has 0 spiro atoms. The fourth-order valence-corrected chi connectivity index (χ4v) is 8.44. The Morgan fingerprint density at radius 1 is 1.11 bits per heavy atom. The summed E-state index contributed by atoms with van der Waals surface area (Å²) in [5.74, 6) is 2.02. The van der Waals surface area contributed by atoms with Gasteiger partial charge in [-0.3, -0.25) is 0 Å². The maximum absolute atomic E-state index is 5.13. The van der Waals surface area contributed by atoms with E-state index < -0.39 is 8.07 Å². The Morgan fingerprint density at radius 3 is 2.26 bits per heavy atom. The van der Waals surface area contributed by atoms with Gasteiger partial charge in [0.05, 0.1) is 13.4 Å². The highest BCUT2D eigenvalue weighted by atomic mass is 28.3. The third-order valence-corrected chi connectivity index (χ3v) is 8.41. The first kappa shape index (κ1) is 15.2. The van der Waals surface area contributed by atoms with Crippen molar-refractivity contribution in [1.29, 1.82) is 0 Å². The molecule has 2 saturated heterocycles. The molecule has 2 aliphatic heterocycles. The van der Waals surface area contributed by atoms with Crippen LogP contribution in [-0.4, -0.2) is 21.9 Å². The quantitative estimate of drug-likeness (QED) is 0.504. The van der Waals surface area contributed by atoms with E-state index in [4.69, 9.17) is 4.74 Å². The van der Waals surface area contributed by atoms with Crippen LogP contribution in [0, 0.1) is 5.92 Å². The van der Waals surface area contributed by atoms with Crippen molar-refractivity contribution in [3.05, 3.63) is 12.3 Å². The number of allylic oxidation sites excluding steroid dienone is 1. The molecule has 0 aliphatic carbocycles. The van der Waals surface area contributed by atoms with Crippen LogP contribution < -0.4 is 0 Å². The van der Waals surface area contributed by atoms with Gasteiger partial charge in [0.25, 0.3) is 0 Å². The molecule has 2 heterocycles. The molecule has 19 heavy (non-hydrogen) atoms. The number of fused-ring (bicyclic) bond motifs is 3. The van der Waals surface area contributed by atoms with Crippen LogP contribution in [0.1, 0.15) is 38.5 Å². The molecule has 0 aromatic heterocycles. The second-order valence-electron chi connectivity index (χ2n) is 7.78. The van der Waals surface area contributed by atoms with Gasteiger partial charge < -0.3 is 4.74 Å². The molecule has 0 N–H and O–H groups in total. The normalized spacial score (nSPS) is 32.4. The second kappa shape index (κ2) is 6.52. The van der Waals surface area contributed by atoms with Gasteiger partial charge in [0, 0.05) is 8.07 Å². The van der Waals surface area contributed by atoms with Gasteiger partial charge in [0.2, 0.25) is 0 Å². The molecule has 1 atom stereocenters. The first-order valence-corrected chi connectivity index (χ1v) is 11.8. The molecular weight excluding hydrogens is 247 g/mol. The summed E-state index contributed by atoms with van der Waals surface area (Å²) in [6, 6.07) is 0. The maximum atomic E-state index is 5.13. The van der Waals surface area contributed by atoms with Crippen molar-refractivity contribution in [2.45, 2.75) is 75.7 Å². The Kier molecular flexibility index (Phi) is 5.22. The summed E-state index contributed by atoms with van der Waals surface area (Å²) in [5.41, 5.74) is 1.03. The van der Waals surface area contributed by atoms with E-state index in [1.165, 1.54) is 44.8 Å². The molecule has 0 aromatic rings. The first-order valence-electron chi connectivity index (χ1n) is 8.22. The average Bonchev–Trinajstić information content (AvgIpc) is 2.56. The van der Waals surface area contributed by atoms with Gasteiger partial charge in [0.1, 0.15) is 6.71 Å². The van der Waals surface area contributed by atoms with Crippen molar-refractivity contribution in [3.63, 3.8) is 0 Å². The SMILES string of the molecule is CO/C=C\CB1C2CCCC(CCC2)[C@H]1[Si](C)(C)C. The zero-order valence-corrected chi connectivity index (χ0v) is 14.3. The number of hydrogen-bond acceptors (Lipinski definition) is 1. The number of hydrogen-bond donors (Lipinski definition) is 0. The van der Waals surface area contributed by atoms with E-state index in [-0.39, 0.29) is 0 Å². The predicted octanol–water partition coefficient (Wildman–Crippen LogP) is 5.24. The van der Waals surface area contributed by atoms with E-state index in [0.717, 1.165) is 23.9 Å². The van der Waals surface area contributed by atoms with Crippen molar-refractivity contribution < 1.29 is 4.74 Å². The van der Waals surface area contributed by atoms with Gasteiger partial charge in [-0.2, -0.15) is 0 Å². The summed E-state index contributed by atoms with van der Waals surface area (Å²) in [4.78, 5) is 0. The first-order chi connectivity index (χ1) is 9.04. The summed E-state index contributed by atoms with van der Waals surface area (Å²) in [7, 11) is 0.689. The molecule has 108 valence electrons. The van der Waals surface area contributed by atoms with Crippen LogP contribution in [-0.2, 0) is 4.74 Å². The van der Waals surface area contributed by atoms with Crippen LogP contribution in [0.2, 0.25) is 37.2 Å². The molecule has 3 heteroatoms. The summed E-state index contributed by atoms with van der Waals surface area (Å²) < 4.78 is 5.13.